The van der Waals surface area contributed by atoms with E-state index in [0.29, 0.717) is 10.8 Å². The smallest absolute Gasteiger partial charge is 0.00707 e. The average molecular weight is 220 g/mol. The third kappa shape index (κ3) is 2.12. The zero-order valence-electron chi connectivity index (χ0n) is 10.7. The summed E-state index contributed by atoms with van der Waals surface area (Å²) in [6, 6.07) is 0. The van der Waals surface area contributed by atoms with Crippen LogP contribution in [0.2, 0.25) is 0 Å². The minimum Gasteiger partial charge on any atom is -0.0776 e. The average Bonchev–Trinajstić information content (AvgIpc) is 2.15. The zero-order valence-corrected chi connectivity index (χ0v) is 10.7. The van der Waals surface area contributed by atoms with Crippen molar-refractivity contribution in [3.63, 3.8) is 0 Å². The lowest BCUT2D eigenvalue weighted by atomic mass is 9.57. The highest BCUT2D eigenvalue weighted by Crippen LogP contribution is 2.55. The molecule has 0 bridgehead atoms. The van der Waals surface area contributed by atoms with Gasteiger partial charge in [0.15, 0.2) is 0 Å². The van der Waals surface area contributed by atoms with Gasteiger partial charge in [0, 0.05) is 0 Å². The first-order valence-electron chi connectivity index (χ1n) is 6.39. The van der Waals surface area contributed by atoms with E-state index in [2.05, 4.69) is 39.8 Å². The van der Waals surface area contributed by atoms with E-state index in [1.807, 2.05) is 0 Å². The predicted molar refractivity (Wildman–Crippen MR) is 73.5 cm³/mol. The van der Waals surface area contributed by atoms with Gasteiger partial charge in [0.05, 0.1) is 0 Å². The van der Waals surface area contributed by atoms with Gasteiger partial charge in [0.25, 0.3) is 0 Å². The first-order valence-corrected chi connectivity index (χ1v) is 6.39. The molecule has 0 aromatic heterocycles. The molecule has 0 aromatic rings. The Kier molecular flexibility index (Phi) is 3.72. The van der Waals surface area contributed by atoms with Crippen LogP contribution in [-0.4, -0.2) is 0 Å². The lowest BCUT2D eigenvalue weighted by Gasteiger charge is -2.48. The van der Waals surface area contributed by atoms with Crippen LogP contribution < -0.4 is 0 Å². The molecule has 0 nitrogen and oxygen atoms in total. The number of fused-ring (bicyclic) bond motifs is 1. The van der Waals surface area contributed by atoms with Crippen LogP contribution in [0.15, 0.2) is 23.3 Å². The maximum Gasteiger partial charge on any atom is -0.00707 e. The van der Waals surface area contributed by atoms with E-state index in [9.17, 15) is 0 Å². The first-order chi connectivity index (χ1) is 6.98. The van der Waals surface area contributed by atoms with E-state index in [4.69, 9.17) is 0 Å². The highest BCUT2D eigenvalue weighted by Gasteiger charge is 2.42. The third-order valence-electron chi connectivity index (χ3n) is 4.47. The molecular weight excluding hydrogens is 192 g/mol. The van der Waals surface area contributed by atoms with Crippen molar-refractivity contribution in [2.75, 3.05) is 0 Å². The Bertz CT molecular complexity index is 317. The maximum atomic E-state index is 2.47. The molecule has 0 spiro atoms. The fourth-order valence-electron chi connectivity index (χ4n) is 3.62. The summed E-state index contributed by atoms with van der Waals surface area (Å²) in [7, 11) is 0. The summed E-state index contributed by atoms with van der Waals surface area (Å²) < 4.78 is 0. The van der Waals surface area contributed by atoms with E-state index >= 15 is 0 Å². The minimum atomic E-state index is 0. The lowest BCUT2D eigenvalue weighted by molar-refractivity contribution is 0.193. The Balaban J connectivity index is 0.00000128. The summed E-state index contributed by atoms with van der Waals surface area (Å²) in [5, 5.41) is 0. The molecule has 2 aliphatic rings. The van der Waals surface area contributed by atoms with Gasteiger partial charge < -0.3 is 0 Å². The lowest BCUT2D eigenvalue weighted by Crippen LogP contribution is -2.35. The number of allylic oxidation sites excluding steroid dienone is 4. The number of rotatable bonds is 1. The van der Waals surface area contributed by atoms with Crippen LogP contribution in [0.1, 0.15) is 67.2 Å². The van der Waals surface area contributed by atoms with Gasteiger partial charge in [-0.05, 0) is 36.5 Å². The normalized spacial score (nSPS) is 32.0. The van der Waals surface area contributed by atoms with Crippen LogP contribution in [0, 0.1) is 10.8 Å². The summed E-state index contributed by atoms with van der Waals surface area (Å²) in [6.45, 7) is 9.59. The summed E-state index contributed by atoms with van der Waals surface area (Å²) in [6.07, 6.45) is 11.5. The van der Waals surface area contributed by atoms with E-state index < -0.39 is 0 Å². The van der Waals surface area contributed by atoms with Crippen molar-refractivity contribution in [3.05, 3.63) is 23.3 Å². The van der Waals surface area contributed by atoms with Crippen molar-refractivity contribution in [2.45, 2.75) is 67.2 Å². The number of hydrogen-bond donors (Lipinski definition) is 0. The van der Waals surface area contributed by atoms with Crippen LogP contribution in [0.5, 0.6) is 0 Å². The van der Waals surface area contributed by atoms with Crippen LogP contribution in [-0.2, 0) is 0 Å². The Morgan fingerprint density at radius 2 is 1.81 bits per heavy atom. The van der Waals surface area contributed by atoms with Gasteiger partial charge in [-0.15, -0.1) is 0 Å². The molecule has 0 saturated heterocycles. The van der Waals surface area contributed by atoms with Crippen molar-refractivity contribution in [1.82, 2.24) is 0 Å². The molecule has 1 atom stereocenters. The molecule has 2 rings (SSSR count). The highest BCUT2D eigenvalue weighted by molar-refractivity contribution is 5.35. The molecule has 1 unspecified atom stereocenters. The van der Waals surface area contributed by atoms with E-state index in [-0.39, 0.29) is 7.43 Å². The van der Waals surface area contributed by atoms with Crippen LogP contribution in [0.25, 0.3) is 0 Å². The Morgan fingerprint density at radius 3 is 2.44 bits per heavy atom. The first kappa shape index (κ1) is 13.5. The molecule has 1 fully saturated rings. The third-order valence-corrected chi connectivity index (χ3v) is 4.47. The molecule has 0 heterocycles. The van der Waals surface area contributed by atoms with E-state index in [0.717, 1.165) is 0 Å². The van der Waals surface area contributed by atoms with Crippen molar-refractivity contribution >= 4 is 0 Å². The van der Waals surface area contributed by atoms with Crippen LogP contribution in [0.4, 0.5) is 0 Å². The largest absolute Gasteiger partial charge is 0.0776 e. The second-order valence-corrected chi connectivity index (χ2v) is 6.23. The van der Waals surface area contributed by atoms with Gasteiger partial charge >= 0.3 is 0 Å². The molecule has 1 saturated carbocycles. The van der Waals surface area contributed by atoms with Gasteiger partial charge in [0.1, 0.15) is 0 Å². The molecule has 0 N–H and O–H groups in total. The fourth-order valence-corrected chi connectivity index (χ4v) is 3.62. The van der Waals surface area contributed by atoms with Gasteiger partial charge in [0.2, 0.25) is 0 Å². The SMILES string of the molecule is C.CCC1=CC=C2C(C)(C)CCCC2(C)C1. The van der Waals surface area contributed by atoms with Gasteiger partial charge in [-0.3, -0.25) is 0 Å². The quantitative estimate of drug-likeness (QED) is 0.547. The molecular formula is C16H28. The Labute approximate surface area is 102 Å². The van der Waals surface area contributed by atoms with Crippen molar-refractivity contribution < 1.29 is 0 Å². The standard InChI is InChI=1S/C15H24.CH4/c1-5-12-7-8-13-14(2,3)9-6-10-15(13,4)11-12;/h7-8H,5-6,9-11H2,1-4H3;1H4. The summed E-state index contributed by atoms with van der Waals surface area (Å²) in [5.41, 5.74) is 4.25. The molecule has 0 aliphatic heterocycles. The van der Waals surface area contributed by atoms with Crippen LogP contribution >= 0.6 is 0 Å². The minimum absolute atomic E-state index is 0. The summed E-state index contributed by atoms with van der Waals surface area (Å²) in [4.78, 5) is 0. The highest BCUT2D eigenvalue weighted by atomic mass is 14.5. The number of hydrogen-bond acceptors (Lipinski definition) is 0. The molecule has 0 radical (unpaired) electrons. The molecule has 16 heavy (non-hydrogen) atoms. The second kappa shape index (κ2) is 4.39. The molecule has 2 aliphatic carbocycles. The topological polar surface area (TPSA) is 0 Å². The molecule has 0 amide bonds. The van der Waals surface area contributed by atoms with Gasteiger partial charge in [-0.1, -0.05) is 64.8 Å². The van der Waals surface area contributed by atoms with Crippen LogP contribution in [0.3, 0.4) is 0 Å². The van der Waals surface area contributed by atoms with Crippen molar-refractivity contribution in [3.8, 4) is 0 Å². The fraction of sp³-hybridized carbons (Fsp3) is 0.750. The predicted octanol–water partition coefficient (Wildman–Crippen LogP) is 5.51. The zero-order chi connectivity index (χ0) is 11.1. The van der Waals surface area contributed by atoms with E-state index in [1.165, 1.54) is 32.1 Å². The van der Waals surface area contributed by atoms with E-state index in [1.54, 1.807) is 11.1 Å². The van der Waals surface area contributed by atoms with Gasteiger partial charge in [-0.25, -0.2) is 0 Å². The second-order valence-electron chi connectivity index (χ2n) is 6.23. The Hall–Kier alpha value is -0.520. The monoisotopic (exact) mass is 220 g/mol. The maximum absolute atomic E-state index is 2.47. The molecule has 0 heteroatoms. The Morgan fingerprint density at radius 1 is 1.12 bits per heavy atom. The molecule has 92 valence electrons. The van der Waals surface area contributed by atoms with Crippen molar-refractivity contribution in [2.24, 2.45) is 10.8 Å². The molecule has 0 aromatic carbocycles. The summed E-state index contributed by atoms with van der Waals surface area (Å²) in [5.74, 6) is 0. The van der Waals surface area contributed by atoms with Crippen molar-refractivity contribution in [1.29, 1.82) is 0 Å². The summed E-state index contributed by atoms with van der Waals surface area (Å²) >= 11 is 0. The van der Waals surface area contributed by atoms with Gasteiger partial charge in [-0.2, -0.15) is 0 Å².